The fourth-order valence-electron chi connectivity index (χ4n) is 4.05. The van der Waals surface area contributed by atoms with Gasteiger partial charge in [-0.1, -0.05) is 36.4 Å². The normalized spacial score (nSPS) is 14.9. The molecule has 8 nitrogen and oxygen atoms in total. The molecule has 1 fully saturated rings. The number of nitrogens with zero attached hydrogens (tertiary/aromatic N) is 4. The molecule has 174 valence electrons. The van der Waals surface area contributed by atoms with Gasteiger partial charge in [-0.2, -0.15) is 9.29 Å². The maximum absolute atomic E-state index is 13.3. The molecule has 0 spiro atoms. The molecule has 1 aromatic heterocycles. The third-order valence-corrected chi connectivity index (χ3v) is 7.85. The van der Waals surface area contributed by atoms with Crippen molar-refractivity contribution >= 4 is 38.7 Å². The minimum Gasteiger partial charge on any atom is -0.423 e. The molecule has 9 heteroatoms. The summed E-state index contributed by atoms with van der Waals surface area (Å²) < 4.78 is 33.8. The first-order valence-electron chi connectivity index (χ1n) is 11.0. The highest BCUT2D eigenvalue weighted by Crippen LogP contribution is 2.24. The van der Waals surface area contributed by atoms with Crippen LogP contribution in [-0.4, -0.2) is 56.8 Å². The van der Waals surface area contributed by atoms with E-state index >= 15 is 0 Å². The lowest BCUT2D eigenvalue weighted by Crippen LogP contribution is -2.48. The summed E-state index contributed by atoms with van der Waals surface area (Å²) in [5, 5.41) is 0. The Kier molecular flexibility index (Phi) is 5.80. The molecule has 1 saturated heterocycles. The van der Waals surface area contributed by atoms with Gasteiger partial charge in [0.15, 0.2) is 5.58 Å². The zero-order chi connectivity index (χ0) is 23.7. The number of anilines is 2. The lowest BCUT2D eigenvalue weighted by Gasteiger charge is -2.35. The molecule has 1 amide bonds. The summed E-state index contributed by atoms with van der Waals surface area (Å²) in [6.07, 6.45) is 0. The molecule has 34 heavy (non-hydrogen) atoms. The summed E-state index contributed by atoms with van der Waals surface area (Å²) in [6, 6.07) is 23.4. The highest BCUT2D eigenvalue weighted by atomic mass is 32.2. The van der Waals surface area contributed by atoms with E-state index in [1.165, 1.54) is 21.3 Å². The average Bonchev–Trinajstić information content (AvgIpc) is 3.33. The maximum atomic E-state index is 13.3. The van der Waals surface area contributed by atoms with Crippen LogP contribution in [-0.2, 0) is 10.0 Å². The molecule has 0 atom stereocenters. The molecule has 0 saturated carbocycles. The summed E-state index contributed by atoms with van der Waals surface area (Å²) in [7, 11) is -2.19. The fraction of sp³-hybridized carbons (Fsp3) is 0.200. The lowest BCUT2D eigenvalue weighted by atomic mass is 10.2. The van der Waals surface area contributed by atoms with Gasteiger partial charge in [0.1, 0.15) is 5.52 Å². The Morgan fingerprint density at radius 1 is 0.912 bits per heavy atom. The molecule has 1 aliphatic rings. The minimum atomic E-state index is -3.74. The monoisotopic (exact) mass is 476 g/mol. The van der Waals surface area contributed by atoms with E-state index in [2.05, 4.69) is 9.88 Å². The second-order valence-corrected chi connectivity index (χ2v) is 10.0. The predicted molar refractivity (Wildman–Crippen MR) is 131 cm³/mol. The zero-order valence-corrected chi connectivity index (χ0v) is 19.5. The highest BCUT2D eigenvalue weighted by Gasteiger charge is 2.29. The third-order valence-electron chi connectivity index (χ3n) is 5.95. The second kappa shape index (κ2) is 8.92. The van der Waals surface area contributed by atoms with E-state index in [-0.39, 0.29) is 16.5 Å². The number of piperazine rings is 1. The van der Waals surface area contributed by atoms with Gasteiger partial charge in [0, 0.05) is 44.5 Å². The number of benzene rings is 3. The van der Waals surface area contributed by atoms with Crippen molar-refractivity contribution in [2.24, 2.45) is 0 Å². The van der Waals surface area contributed by atoms with E-state index < -0.39 is 15.9 Å². The van der Waals surface area contributed by atoms with Gasteiger partial charge in [0.05, 0.1) is 4.90 Å². The smallest absolute Gasteiger partial charge is 0.305 e. The fourth-order valence-corrected chi connectivity index (χ4v) is 5.52. The molecular weight excluding hydrogens is 452 g/mol. The molecule has 1 aliphatic heterocycles. The van der Waals surface area contributed by atoms with Gasteiger partial charge in [-0.3, -0.25) is 9.69 Å². The predicted octanol–water partition coefficient (Wildman–Crippen LogP) is 3.62. The van der Waals surface area contributed by atoms with Gasteiger partial charge >= 0.3 is 6.01 Å². The van der Waals surface area contributed by atoms with Crippen LogP contribution in [0, 0.1) is 0 Å². The Balaban J connectivity index is 1.33. The molecule has 2 heterocycles. The van der Waals surface area contributed by atoms with E-state index in [1.54, 1.807) is 31.3 Å². The van der Waals surface area contributed by atoms with Crippen LogP contribution in [0.15, 0.2) is 88.2 Å². The van der Waals surface area contributed by atoms with Crippen molar-refractivity contribution in [1.82, 2.24) is 9.29 Å². The number of hydrogen-bond donors (Lipinski definition) is 0. The van der Waals surface area contributed by atoms with Crippen LogP contribution in [0.5, 0.6) is 0 Å². The highest BCUT2D eigenvalue weighted by molar-refractivity contribution is 7.89. The van der Waals surface area contributed by atoms with E-state index in [0.717, 1.165) is 5.69 Å². The average molecular weight is 477 g/mol. The van der Waals surface area contributed by atoms with Crippen LogP contribution in [0.4, 0.5) is 11.7 Å². The first kappa shape index (κ1) is 22.1. The van der Waals surface area contributed by atoms with Crippen LogP contribution in [0.2, 0.25) is 0 Å². The van der Waals surface area contributed by atoms with Gasteiger partial charge in [0.2, 0.25) is 10.0 Å². The number of aromatic nitrogens is 1. The van der Waals surface area contributed by atoms with E-state index in [1.807, 2.05) is 42.5 Å². The van der Waals surface area contributed by atoms with E-state index in [9.17, 15) is 13.2 Å². The molecule has 3 aromatic carbocycles. The Morgan fingerprint density at radius 2 is 1.62 bits per heavy atom. The molecule has 0 unspecified atom stereocenters. The summed E-state index contributed by atoms with van der Waals surface area (Å²) in [5.41, 5.74) is 2.54. The molecule has 0 N–H and O–H groups in total. The van der Waals surface area contributed by atoms with Gasteiger partial charge in [-0.15, -0.1) is 0 Å². The quantitative estimate of drug-likeness (QED) is 0.437. The van der Waals surface area contributed by atoms with Gasteiger partial charge in [-0.05, 0) is 42.5 Å². The number of sulfonamides is 1. The zero-order valence-electron chi connectivity index (χ0n) is 18.7. The van der Waals surface area contributed by atoms with Crippen LogP contribution < -0.4 is 9.80 Å². The van der Waals surface area contributed by atoms with Gasteiger partial charge in [-0.25, -0.2) is 8.42 Å². The number of amides is 1. The lowest BCUT2D eigenvalue weighted by molar-refractivity contribution is 0.0988. The number of oxazole rings is 1. The van der Waals surface area contributed by atoms with Crippen molar-refractivity contribution in [3.63, 3.8) is 0 Å². The Hall–Kier alpha value is -3.69. The summed E-state index contributed by atoms with van der Waals surface area (Å²) in [6.45, 7) is 1.95. The Labute approximate surface area is 198 Å². The molecule has 0 bridgehead atoms. The molecule has 5 rings (SSSR count). The topological polar surface area (TPSA) is 87.0 Å². The van der Waals surface area contributed by atoms with Gasteiger partial charge in [0.25, 0.3) is 5.91 Å². The minimum absolute atomic E-state index is 0.0949. The standard InChI is InChI=1S/C25H24N4O4S/c1-27(25-26-22-12-5-6-13-23(22)33-25)24(30)19-8-7-11-21(18-19)34(31,32)29-16-14-28(15-17-29)20-9-3-2-4-10-20/h2-13,18H,14-17H2,1H3. The Bertz CT molecular complexity index is 1390. The van der Waals surface area contributed by atoms with E-state index in [4.69, 9.17) is 4.42 Å². The number of para-hydroxylation sites is 3. The van der Waals surface area contributed by atoms with Crippen molar-refractivity contribution in [3.05, 3.63) is 84.4 Å². The third kappa shape index (κ3) is 4.15. The van der Waals surface area contributed by atoms with Crippen LogP contribution in [0.1, 0.15) is 10.4 Å². The van der Waals surface area contributed by atoms with Crippen molar-refractivity contribution < 1.29 is 17.6 Å². The van der Waals surface area contributed by atoms with Crippen LogP contribution >= 0.6 is 0 Å². The molecule has 4 aromatic rings. The summed E-state index contributed by atoms with van der Waals surface area (Å²) in [5.74, 6) is -0.405. The van der Waals surface area contributed by atoms with Crippen molar-refractivity contribution in [2.45, 2.75) is 4.90 Å². The summed E-state index contributed by atoms with van der Waals surface area (Å²) in [4.78, 5) is 21.0. The number of fused-ring (bicyclic) bond motifs is 1. The first-order chi connectivity index (χ1) is 16.4. The molecule has 0 radical (unpaired) electrons. The molecular formula is C25H24N4O4S. The maximum Gasteiger partial charge on any atom is 0.305 e. The first-order valence-corrected chi connectivity index (χ1v) is 12.4. The SMILES string of the molecule is CN(C(=O)c1cccc(S(=O)(=O)N2CCN(c3ccccc3)CC2)c1)c1nc2ccccc2o1. The van der Waals surface area contributed by atoms with Crippen LogP contribution in [0.25, 0.3) is 11.1 Å². The van der Waals surface area contributed by atoms with Gasteiger partial charge < -0.3 is 9.32 Å². The van der Waals surface area contributed by atoms with Crippen molar-refractivity contribution in [2.75, 3.05) is 43.0 Å². The van der Waals surface area contributed by atoms with Crippen molar-refractivity contribution in [3.8, 4) is 0 Å². The number of hydrogen-bond acceptors (Lipinski definition) is 6. The number of carbonyl (C=O) groups excluding carboxylic acids is 1. The largest absolute Gasteiger partial charge is 0.423 e. The molecule has 0 aliphatic carbocycles. The Morgan fingerprint density at radius 3 is 2.35 bits per heavy atom. The van der Waals surface area contributed by atoms with Crippen molar-refractivity contribution in [1.29, 1.82) is 0 Å². The number of carbonyl (C=O) groups is 1. The van der Waals surface area contributed by atoms with Crippen LogP contribution in [0.3, 0.4) is 0 Å². The summed E-state index contributed by atoms with van der Waals surface area (Å²) >= 11 is 0. The number of rotatable bonds is 5. The second-order valence-electron chi connectivity index (χ2n) is 8.08. The van der Waals surface area contributed by atoms with E-state index in [0.29, 0.717) is 37.3 Å².